The minimum atomic E-state index is -3.59. The molecule has 0 aliphatic carbocycles. The van der Waals surface area contributed by atoms with Crippen LogP contribution in [0.1, 0.15) is 44.0 Å². The maximum Gasteiger partial charge on any atom is 0.251 e. The summed E-state index contributed by atoms with van der Waals surface area (Å²) in [6.07, 6.45) is 2.07. The molecule has 0 spiro atoms. The summed E-state index contributed by atoms with van der Waals surface area (Å²) < 4.78 is 32.9. The molecule has 3 rings (SSSR count). The van der Waals surface area contributed by atoms with Gasteiger partial charge in [-0.05, 0) is 45.0 Å². The van der Waals surface area contributed by atoms with E-state index < -0.39 is 10.0 Å². The molecule has 0 saturated carbocycles. The van der Waals surface area contributed by atoms with Crippen LogP contribution in [0.25, 0.3) is 0 Å². The van der Waals surface area contributed by atoms with E-state index in [2.05, 4.69) is 12.2 Å². The first-order chi connectivity index (χ1) is 13.3. The lowest BCUT2D eigenvalue weighted by molar-refractivity contribution is -0.909. The van der Waals surface area contributed by atoms with E-state index in [1.54, 1.807) is 12.1 Å². The van der Waals surface area contributed by atoms with Gasteiger partial charge in [0.05, 0.1) is 36.7 Å². The SMILES string of the molecule is CC[NH+]1CCC[C@@H]1CNC(=O)c1ccc(S(=O)(=O)N2C[C@@H](C)O[C@@H](C)C2)cc1. The minimum absolute atomic E-state index is 0.135. The first-order valence-electron chi connectivity index (χ1n) is 10.2. The predicted octanol–water partition coefficient (Wildman–Crippen LogP) is 0.282. The van der Waals surface area contributed by atoms with E-state index in [-0.39, 0.29) is 23.0 Å². The van der Waals surface area contributed by atoms with Crippen molar-refractivity contribution in [1.82, 2.24) is 9.62 Å². The molecule has 2 saturated heterocycles. The molecule has 7 nitrogen and oxygen atoms in total. The molecule has 1 aromatic rings. The number of hydrogen-bond donors (Lipinski definition) is 2. The minimum Gasteiger partial charge on any atom is -0.373 e. The summed E-state index contributed by atoms with van der Waals surface area (Å²) in [6.45, 7) is 9.50. The second kappa shape index (κ2) is 8.90. The van der Waals surface area contributed by atoms with Gasteiger partial charge in [-0.15, -0.1) is 0 Å². The van der Waals surface area contributed by atoms with Gasteiger partial charge >= 0.3 is 0 Å². The summed E-state index contributed by atoms with van der Waals surface area (Å²) in [6, 6.07) is 6.70. The van der Waals surface area contributed by atoms with Crippen molar-refractivity contribution in [3.05, 3.63) is 29.8 Å². The number of carbonyl (C=O) groups is 1. The van der Waals surface area contributed by atoms with Crippen LogP contribution in [0.15, 0.2) is 29.2 Å². The lowest BCUT2D eigenvalue weighted by Crippen LogP contribution is -3.14. The normalized spacial score (nSPS) is 29.0. The molecule has 0 radical (unpaired) electrons. The topological polar surface area (TPSA) is 80.2 Å². The Hall–Kier alpha value is -1.48. The smallest absolute Gasteiger partial charge is 0.251 e. The van der Waals surface area contributed by atoms with Gasteiger partial charge in [-0.3, -0.25) is 4.79 Å². The Morgan fingerprint density at radius 3 is 2.46 bits per heavy atom. The van der Waals surface area contributed by atoms with Crippen molar-refractivity contribution in [1.29, 1.82) is 0 Å². The Balaban J connectivity index is 1.63. The Morgan fingerprint density at radius 1 is 1.21 bits per heavy atom. The molecule has 2 fully saturated rings. The van der Waals surface area contributed by atoms with Crippen LogP contribution in [0.5, 0.6) is 0 Å². The summed E-state index contributed by atoms with van der Waals surface area (Å²) in [7, 11) is -3.59. The molecule has 156 valence electrons. The van der Waals surface area contributed by atoms with Gasteiger partial charge in [0.1, 0.15) is 6.04 Å². The van der Waals surface area contributed by atoms with Gasteiger partial charge in [0, 0.05) is 31.5 Å². The fourth-order valence-corrected chi connectivity index (χ4v) is 5.86. The van der Waals surface area contributed by atoms with Crippen LogP contribution in [0.3, 0.4) is 0 Å². The Bertz CT molecular complexity index is 771. The van der Waals surface area contributed by atoms with Crippen LogP contribution in [0.4, 0.5) is 0 Å². The number of carbonyl (C=O) groups excluding carboxylic acids is 1. The molecule has 1 unspecified atom stereocenters. The zero-order valence-corrected chi connectivity index (χ0v) is 17.8. The van der Waals surface area contributed by atoms with E-state index in [1.165, 1.54) is 34.3 Å². The third kappa shape index (κ3) is 4.74. The number of likely N-dealkylation sites (tertiary alicyclic amines) is 1. The molecule has 2 aliphatic heterocycles. The molecular weight excluding hydrogens is 378 g/mol. The highest BCUT2D eigenvalue weighted by molar-refractivity contribution is 7.89. The average Bonchev–Trinajstić information content (AvgIpc) is 3.13. The highest BCUT2D eigenvalue weighted by Crippen LogP contribution is 2.21. The van der Waals surface area contributed by atoms with Gasteiger partial charge in [0.25, 0.3) is 5.91 Å². The van der Waals surface area contributed by atoms with E-state index in [0.717, 1.165) is 13.0 Å². The summed E-state index contributed by atoms with van der Waals surface area (Å²) >= 11 is 0. The number of rotatable bonds is 6. The molecular formula is C20H32N3O4S+. The van der Waals surface area contributed by atoms with Gasteiger partial charge in [-0.1, -0.05) is 0 Å². The highest BCUT2D eigenvalue weighted by atomic mass is 32.2. The highest BCUT2D eigenvalue weighted by Gasteiger charge is 2.32. The van der Waals surface area contributed by atoms with Crippen molar-refractivity contribution in [2.24, 2.45) is 0 Å². The molecule has 4 atom stereocenters. The molecule has 2 heterocycles. The van der Waals surface area contributed by atoms with Crippen LogP contribution >= 0.6 is 0 Å². The third-order valence-electron chi connectivity index (χ3n) is 5.73. The number of nitrogens with zero attached hydrogens (tertiary/aromatic N) is 1. The fourth-order valence-electron chi connectivity index (χ4n) is 4.27. The molecule has 8 heteroatoms. The molecule has 28 heavy (non-hydrogen) atoms. The van der Waals surface area contributed by atoms with Crippen LogP contribution in [0, 0.1) is 0 Å². The van der Waals surface area contributed by atoms with E-state index in [4.69, 9.17) is 4.74 Å². The van der Waals surface area contributed by atoms with Crippen LogP contribution < -0.4 is 10.2 Å². The Morgan fingerprint density at radius 2 is 1.86 bits per heavy atom. The summed E-state index contributed by atoms with van der Waals surface area (Å²) in [5.74, 6) is -0.153. The molecule has 2 N–H and O–H groups in total. The number of likely N-dealkylation sites (N-methyl/N-ethyl adjacent to an activating group) is 1. The second-order valence-electron chi connectivity index (χ2n) is 7.91. The fraction of sp³-hybridized carbons (Fsp3) is 0.650. The summed E-state index contributed by atoms with van der Waals surface area (Å²) in [5.41, 5.74) is 0.485. The van der Waals surface area contributed by atoms with E-state index in [1.807, 2.05) is 13.8 Å². The van der Waals surface area contributed by atoms with Gasteiger partial charge in [-0.2, -0.15) is 4.31 Å². The van der Waals surface area contributed by atoms with E-state index >= 15 is 0 Å². The van der Waals surface area contributed by atoms with Gasteiger partial charge in [0.2, 0.25) is 10.0 Å². The van der Waals surface area contributed by atoms with Gasteiger partial charge in [-0.25, -0.2) is 8.42 Å². The molecule has 0 aromatic heterocycles. The number of quaternary nitrogens is 1. The number of morpholine rings is 1. The lowest BCUT2D eigenvalue weighted by atomic mass is 10.2. The average molecular weight is 411 g/mol. The van der Waals surface area contributed by atoms with Crippen molar-refractivity contribution in [2.45, 2.75) is 56.8 Å². The lowest BCUT2D eigenvalue weighted by Gasteiger charge is -2.34. The Kier molecular flexibility index (Phi) is 6.75. The molecule has 1 amide bonds. The van der Waals surface area contributed by atoms with Crippen molar-refractivity contribution >= 4 is 15.9 Å². The van der Waals surface area contributed by atoms with E-state index in [0.29, 0.717) is 31.2 Å². The molecule has 0 bridgehead atoms. The third-order valence-corrected chi connectivity index (χ3v) is 7.58. The Labute approximate surface area is 168 Å². The zero-order valence-electron chi connectivity index (χ0n) is 17.0. The van der Waals surface area contributed by atoms with E-state index in [9.17, 15) is 13.2 Å². The largest absolute Gasteiger partial charge is 0.373 e. The first-order valence-corrected chi connectivity index (χ1v) is 11.6. The first kappa shape index (κ1) is 21.2. The van der Waals surface area contributed by atoms with Gasteiger partial charge < -0.3 is 15.0 Å². The monoisotopic (exact) mass is 410 g/mol. The second-order valence-corrected chi connectivity index (χ2v) is 9.85. The molecule has 2 aliphatic rings. The number of benzene rings is 1. The van der Waals surface area contributed by atoms with Crippen LogP contribution in [0.2, 0.25) is 0 Å². The standard InChI is InChI=1S/C20H31N3O4S/c1-4-22-11-5-6-18(22)12-21-20(24)17-7-9-19(10-8-17)28(25,26)23-13-15(2)27-16(3)14-23/h7-10,15-16,18H,4-6,11-14H2,1-3H3,(H,21,24)/p+1/t15-,16+,18-/m1/s1. The van der Waals surface area contributed by atoms with Crippen LogP contribution in [-0.2, 0) is 14.8 Å². The number of amides is 1. The number of nitrogens with one attached hydrogen (secondary N) is 2. The zero-order chi connectivity index (χ0) is 20.3. The summed E-state index contributed by atoms with van der Waals surface area (Å²) in [5, 5.41) is 3.00. The van der Waals surface area contributed by atoms with Gasteiger partial charge in [0.15, 0.2) is 0 Å². The number of hydrogen-bond acceptors (Lipinski definition) is 4. The maximum atomic E-state index is 12.9. The maximum absolute atomic E-state index is 12.9. The number of ether oxygens (including phenoxy) is 1. The van der Waals surface area contributed by atoms with Crippen molar-refractivity contribution < 1.29 is 22.8 Å². The van der Waals surface area contributed by atoms with Crippen molar-refractivity contribution in [3.63, 3.8) is 0 Å². The molecule has 1 aromatic carbocycles. The van der Waals surface area contributed by atoms with Crippen LogP contribution in [-0.4, -0.2) is 69.6 Å². The predicted molar refractivity (Wildman–Crippen MR) is 107 cm³/mol. The van der Waals surface area contributed by atoms with Crippen molar-refractivity contribution in [2.75, 3.05) is 32.7 Å². The quantitative estimate of drug-likeness (QED) is 0.706. The summed E-state index contributed by atoms with van der Waals surface area (Å²) in [4.78, 5) is 14.2. The number of sulfonamides is 1. The van der Waals surface area contributed by atoms with Crippen molar-refractivity contribution in [3.8, 4) is 0 Å².